The van der Waals surface area contributed by atoms with Crippen LogP contribution in [0.5, 0.6) is 5.75 Å². The number of nitrogens with one attached hydrogen (secondary N) is 3. The van der Waals surface area contributed by atoms with E-state index >= 15 is 0 Å². The standard InChI is InChI=1S/C23H23ClN4O3S/c1-15(29)26-17-8-10-18(11-9-17)28(32)23(30)27-21-12-19(24)22(31-2)13-20(21)25-14-16-6-4-3-5-7-16/h3-13,25,32H,14H2,1-2H3,(H,26,29)(H,27,30). The number of methoxy groups -OCH3 is 1. The van der Waals surface area contributed by atoms with Crippen molar-refractivity contribution in [2.45, 2.75) is 13.5 Å². The summed E-state index contributed by atoms with van der Waals surface area (Å²) in [4.78, 5) is 24.0. The number of benzene rings is 3. The first-order chi connectivity index (χ1) is 15.4. The van der Waals surface area contributed by atoms with Gasteiger partial charge in [-0.05, 0) is 35.9 Å². The predicted octanol–water partition coefficient (Wildman–Crippen LogP) is 5.80. The van der Waals surface area contributed by atoms with E-state index in [1.165, 1.54) is 14.0 Å². The van der Waals surface area contributed by atoms with Crippen molar-refractivity contribution in [2.75, 3.05) is 27.4 Å². The summed E-state index contributed by atoms with van der Waals surface area (Å²) in [5.74, 6) is 0.307. The highest BCUT2D eigenvalue weighted by molar-refractivity contribution is 7.82. The number of hydrogen-bond donors (Lipinski definition) is 4. The third-order valence-electron chi connectivity index (χ3n) is 4.48. The van der Waals surface area contributed by atoms with Gasteiger partial charge in [-0.2, -0.15) is 0 Å². The average Bonchev–Trinajstić information content (AvgIpc) is 2.79. The second-order valence-corrected chi connectivity index (χ2v) is 7.65. The van der Waals surface area contributed by atoms with Crippen LogP contribution in [0.2, 0.25) is 5.02 Å². The topological polar surface area (TPSA) is 82.7 Å². The van der Waals surface area contributed by atoms with Gasteiger partial charge in [-0.3, -0.25) is 4.79 Å². The lowest BCUT2D eigenvalue weighted by atomic mass is 10.2. The van der Waals surface area contributed by atoms with Gasteiger partial charge in [0.1, 0.15) is 5.75 Å². The number of rotatable bonds is 7. The van der Waals surface area contributed by atoms with Crippen LogP contribution in [0.4, 0.5) is 27.5 Å². The van der Waals surface area contributed by atoms with Gasteiger partial charge in [0.25, 0.3) is 0 Å². The van der Waals surface area contributed by atoms with Crippen LogP contribution in [0.15, 0.2) is 66.7 Å². The molecule has 0 heterocycles. The molecule has 3 aromatic rings. The Morgan fingerprint density at radius 3 is 2.31 bits per heavy atom. The van der Waals surface area contributed by atoms with Gasteiger partial charge in [0.15, 0.2) is 0 Å². The zero-order chi connectivity index (χ0) is 23.1. The Hall–Kier alpha value is -3.36. The number of carbonyl (C=O) groups excluding carboxylic acids is 2. The summed E-state index contributed by atoms with van der Waals surface area (Å²) >= 11 is 10.6. The number of ether oxygens (including phenoxy) is 1. The van der Waals surface area contributed by atoms with Gasteiger partial charge in [-0.1, -0.05) is 54.7 Å². The first-order valence-electron chi connectivity index (χ1n) is 9.70. The number of nitrogens with zero attached hydrogens (tertiary/aromatic N) is 1. The van der Waals surface area contributed by atoms with Crippen LogP contribution in [0.25, 0.3) is 0 Å². The summed E-state index contributed by atoms with van der Waals surface area (Å²) in [5, 5.41) is 9.16. The zero-order valence-electron chi connectivity index (χ0n) is 17.6. The van der Waals surface area contributed by atoms with Gasteiger partial charge in [-0.15, -0.1) is 0 Å². The maximum atomic E-state index is 12.8. The molecule has 9 heteroatoms. The fourth-order valence-corrected chi connectivity index (χ4v) is 3.35. The van der Waals surface area contributed by atoms with Crippen molar-refractivity contribution in [2.24, 2.45) is 0 Å². The maximum absolute atomic E-state index is 12.8. The molecule has 0 atom stereocenters. The number of amides is 3. The van der Waals surface area contributed by atoms with Gasteiger partial charge in [0, 0.05) is 25.2 Å². The summed E-state index contributed by atoms with van der Waals surface area (Å²) in [7, 11) is 1.53. The molecular weight excluding hydrogens is 448 g/mol. The van der Waals surface area contributed by atoms with Crippen LogP contribution >= 0.6 is 24.4 Å². The smallest absolute Gasteiger partial charge is 0.336 e. The molecule has 0 spiro atoms. The Morgan fingerprint density at radius 1 is 1.00 bits per heavy atom. The van der Waals surface area contributed by atoms with Crippen LogP contribution in [0.3, 0.4) is 0 Å². The fraction of sp³-hybridized carbons (Fsp3) is 0.130. The second-order valence-electron chi connectivity index (χ2n) is 6.84. The van der Waals surface area contributed by atoms with Crippen molar-refractivity contribution in [3.8, 4) is 5.75 Å². The van der Waals surface area contributed by atoms with E-state index in [4.69, 9.17) is 16.3 Å². The van der Waals surface area contributed by atoms with E-state index < -0.39 is 6.03 Å². The third-order valence-corrected chi connectivity index (χ3v) is 5.19. The molecule has 32 heavy (non-hydrogen) atoms. The Balaban J connectivity index is 1.77. The lowest BCUT2D eigenvalue weighted by Crippen LogP contribution is -2.27. The molecule has 0 radical (unpaired) electrons. The minimum atomic E-state index is -0.482. The van der Waals surface area contributed by atoms with Crippen LogP contribution in [0, 0.1) is 0 Å². The molecule has 0 aromatic heterocycles. The molecule has 3 N–H and O–H groups in total. The third kappa shape index (κ3) is 6.09. The van der Waals surface area contributed by atoms with Crippen molar-refractivity contribution in [1.29, 1.82) is 0 Å². The van der Waals surface area contributed by atoms with E-state index in [-0.39, 0.29) is 5.91 Å². The molecular formula is C23H23ClN4O3S. The van der Waals surface area contributed by atoms with E-state index in [2.05, 4.69) is 28.8 Å². The Kier molecular flexibility index (Phi) is 7.86. The maximum Gasteiger partial charge on any atom is 0.336 e. The zero-order valence-corrected chi connectivity index (χ0v) is 19.2. The van der Waals surface area contributed by atoms with Gasteiger partial charge < -0.3 is 20.7 Å². The molecule has 0 fully saturated rings. The summed E-state index contributed by atoms with van der Waals surface area (Å²) in [6.45, 7) is 1.97. The molecule has 3 amide bonds. The van der Waals surface area contributed by atoms with Crippen molar-refractivity contribution in [1.82, 2.24) is 0 Å². The van der Waals surface area contributed by atoms with Crippen LogP contribution < -0.4 is 25.0 Å². The molecule has 3 rings (SSSR count). The number of hydrogen-bond acceptors (Lipinski definition) is 5. The first kappa shape index (κ1) is 23.3. The minimum Gasteiger partial charge on any atom is -0.495 e. The highest BCUT2D eigenvalue weighted by Gasteiger charge is 2.16. The Labute approximate surface area is 197 Å². The quantitative estimate of drug-likeness (QED) is 0.329. The summed E-state index contributed by atoms with van der Waals surface area (Å²) in [6, 6.07) is 19.4. The fourth-order valence-electron chi connectivity index (χ4n) is 2.93. The Bertz CT molecular complexity index is 1090. The SMILES string of the molecule is COc1cc(NCc2ccccc2)c(NC(=O)N(S)c2ccc(NC(C)=O)cc2)cc1Cl. The lowest BCUT2D eigenvalue weighted by Gasteiger charge is -2.20. The van der Waals surface area contributed by atoms with Crippen molar-refractivity contribution in [3.05, 3.63) is 77.3 Å². The molecule has 7 nitrogen and oxygen atoms in total. The van der Waals surface area contributed by atoms with Crippen molar-refractivity contribution in [3.63, 3.8) is 0 Å². The van der Waals surface area contributed by atoms with E-state index in [1.54, 1.807) is 36.4 Å². The first-order valence-corrected chi connectivity index (χ1v) is 10.5. The summed E-state index contributed by atoms with van der Waals surface area (Å²) in [6.07, 6.45) is 0. The molecule has 0 bridgehead atoms. The van der Waals surface area contributed by atoms with Gasteiger partial charge in [0.2, 0.25) is 5.91 Å². The minimum absolute atomic E-state index is 0.176. The molecule has 0 aliphatic rings. The molecule has 3 aromatic carbocycles. The van der Waals surface area contributed by atoms with E-state index in [9.17, 15) is 9.59 Å². The Morgan fingerprint density at radius 2 is 1.69 bits per heavy atom. The molecule has 0 aliphatic carbocycles. The van der Waals surface area contributed by atoms with E-state index in [0.717, 1.165) is 9.87 Å². The van der Waals surface area contributed by atoms with Crippen LogP contribution in [-0.4, -0.2) is 19.0 Å². The normalized spacial score (nSPS) is 10.2. The van der Waals surface area contributed by atoms with Gasteiger partial charge in [0.05, 0.1) is 29.2 Å². The van der Waals surface area contributed by atoms with E-state index in [1.807, 2.05) is 30.3 Å². The molecule has 166 valence electrons. The van der Waals surface area contributed by atoms with E-state index in [0.29, 0.717) is 40.1 Å². The number of halogens is 1. The van der Waals surface area contributed by atoms with Crippen molar-refractivity contribution < 1.29 is 14.3 Å². The van der Waals surface area contributed by atoms with Crippen molar-refractivity contribution >= 4 is 59.1 Å². The number of carbonyl (C=O) groups is 2. The number of thiol groups is 1. The lowest BCUT2D eigenvalue weighted by molar-refractivity contribution is -0.114. The average molecular weight is 471 g/mol. The molecule has 0 unspecified atom stereocenters. The largest absolute Gasteiger partial charge is 0.495 e. The summed E-state index contributed by atoms with van der Waals surface area (Å²) < 4.78 is 6.48. The molecule has 0 aliphatic heterocycles. The highest BCUT2D eigenvalue weighted by Crippen LogP contribution is 2.35. The van der Waals surface area contributed by atoms with Crippen LogP contribution in [-0.2, 0) is 11.3 Å². The molecule has 0 saturated carbocycles. The van der Waals surface area contributed by atoms with Gasteiger partial charge >= 0.3 is 6.03 Å². The second kappa shape index (κ2) is 10.8. The van der Waals surface area contributed by atoms with Gasteiger partial charge in [-0.25, -0.2) is 9.10 Å². The number of urea groups is 1. The predicted molar refractivity (Wildman–Crippen MR) is 133 cm³/mol. The summed E-state index contributed by atoms with van der Waals surface area (Å²) in [5.41, 5.74) is 3.35. The highest BCUT2D eigenvalue weighted by atomic mass is 35.5. The van der Waals surface area contributed by atoms with Crippen LogP contribution in [0.1, 0.15) is 12.5 Å². The molecule has 0 saturated heterocycles. The number of anilines is 4. The monoisotopic (exact) mass is 470 g/mol.